The molecule has 1 N–H and O–H groups in total. The van der Waals surface area contributed by atoms with E-state index in [1.54, 1.807) is 14.0 Å². The van der Waals surface area contributed by atoms with Crippen LogP contribution >= 0.6 is 0 Å². The van der Waals surface area contributed by atoms with Crippen LogP contribution in [0.25, 0.3) is 21.9 Å². The maximum atomic E-state index is 9.65. The number of fused-ring (bicyclic) bond motifs is 1. The molecular weight excluding hydrogens is 260 g/mol. The maximum absolute atomic E-state index is 9.65. The monoisotopic (exact) mass is 278 g/mol. The average molecular weight is 278 g/mol. The summed E-state index contributed by atoms with van der Waals surface area (Å²) in [6.45, 7) is 1.78. The molecule has 0 aromatic heterocycles. The van der Waals surface area contributed by atoms with Crippen LogP contribution in [-0.4, -0.2) is 12.2 Å². The summed E-state index contributed by atoms with van der Waals surface area (Å²) in [7, 11) is 1.67. The van der Waals surface area contributed by atoms with Gasteiger partial charge >= 0.3 is 0 Å². The first-order valence-corrected chi connectivity index (χ1v) is 7.03. The summed E-state index contributed by atoms with van der Waals surface area (Å²) in [4.78, 5) is 0. The highest BCUT2D eigenvalue weighted by Gasteiger charge is 2.04. The van der Waals surface area contributed by atoms with Crippen LogP contribution in [0.15, 0.2) is 60.7 Å². The minimum atomic E-state index is -0.435. The first kappa shape index (κ1) is 13.7. The van der Waals surface area contributed by atoms with Gasteiger partial charge in [0, 0.05) is 0 Å². The Balaban J connectivity index is 2.02. The van der Waals surface area contributed by atoms with Crippen LogP contribution in [0.5, 0.6) is 5.75 Å². The fourth-order valence-electron chi connectivity index (χ4n) is 2.49. The van der Waals surface area contributed by atoms with E-state index in [9.17, 15) is 5.11 Å². The van der Waals surface area contributed by atoms with Crippen LogP contribution < -0.4 is 4.74 Å². The van der Waals surface area contributed by atoms with Crippen molar-refractivity contribution in [3.63, 3.8) is 0 Å². The van der Waals surface area contributed by atoms with Crippen molar-refractivity contribution < 1.29 is 9.84 Å². The van der Waals surface area contributed by atoms with Gasteiger partial charge in [-0.2, -0.15) is 0 Å². The molecule has 106 valence electrons. The molecular formula is C19H18O2. The van der Waals surface area contributed by atoms with E-state index in [0.29, 0.717) is 0 Å². The molecule has 3 aromatic rings. The van der Waals surface area contributed by atoms with Gasteiger partial charge in [0.15, 0.2) is 0 Å². The number of rotatable bonds is 3. The van der Waals surface area contributed by atoms with E-state index >= 15 is 0 Å². The third-order valence-electron chi connectivity index (χ3n) is 3.77. The van der Waals surface area contributed by atoms with Crippen molar-refractivity contribution in [2.45, 2.75) is 13.0 Å². The number of hydrogen-bond donors (Lipinski definition) is 1. The summed E-state index contributed by atoms with van der Waals surface area (Å²) >= 11 is 0. The van der Waals surface area contributed by atoms with Crippen molar-refractivity contribution in [3.05, 3.63) is 66.2 Å². The van der Waals surface area contributed by atoms with Gasteiger partial charge in [-0.3, -0.25) is 0 Å². The molecule has 0 aliphatic heterocycles. The predicted octanol–water partition coefficient (Wildman–Crippen LogP) is 4.57. The molecule has 0 aliphatic carbocycles. The molecule has 3 rings (SSSR count). The molecule has 1 unspecified atom stereocenters. The van der Waals surface area contributed by atoms with E-state index in [1.807, 2.05) is 24.3 Å². The molecule has 2 nitrogen and oxygen atoms in total. The third-order valence-corrected chi connectivity index (χ3v) is 3.77. The lowest BCUT2D eigenvalue weighted by Crippen LogP contribution is -1.90. The van der Waals surface area contributed by atoms with Crippen LogP contribution in [0.3, 0.4) is 0 Å². The topological polar surface area (TPSA) is 29.5 Å². The summed E-state index contributed by atoms with van der Waals surface area (Å²) in [6.07, 6.45) is -0.435. The second-order valence-corrected chi connectivity index (χ2v) is 5.23. The van der Waals surface area contributed by atoms with Gasteiger partial charge in [0.25, 0.3) is 0 Å². The maximum Gasteiger partial charge on any atom is 0.118 e. The predicted molar refractivity (Wildman–Crippen MR) is 86.6 cm³/mol. The van der Waals surface area contributed by atoms with Crippen LogP contribution in [0, 0.1) is 0 Å². The fraction of sp³-hybridized carbons (Fsp3) is 0.158. The van der Waals surface area contributed by atoms with Gasteiger partial charge in [-0.15, -0.1) is 0 Å². The standard InChI is InChI=1S/C19H18O2/c1-13(20)15-3-4-18-12-16(5-6-17(18)11-15)14-7-9-19(21-2)10-8-14/h3-13,20H,1-2H3. The SMILES string of the molecule is COc1ccc(-c2ccc3cc(C(C)O)ccc3c2)cc1. The number of aliphatic hydroxyl groups excluding tert-OH is 1. The molecule has 0 saturated heterocycles. The lowest BCUT2D eigenvalue weighted by Gasteiger charge is -2.08. The molecule has 0 saturated carbocycles. The van der Waals surface area contributed by atoms with E-state index < -0.39 is 6.10 Å². The van der Waals surface area contributed by atoms with Gasteiger partial charge in [0.1, 0.15) is 5.75 Å². The Morgan fingerprint density at radius 3 is 2.10 bits per heavy atom. The van der Waals surface area contributed by atoms with Crippen molar-refractivity contribution in [2.75, 3.05) is 7.11 Å². The molecule has 0 radical (unpaired) electrons. The summed E-state index contributed by atoms with van der Waals surface area (Å²) in [5.41, 5.74) is 3.28. The minimum Gasteiger partial charge on any atom is -0.497 e. The van der Waals surface area contributed by atoms with Gasteiger partial charge < -0.3 is 9.84 Å². The summed E-state index contributed by atoms with van der Waals surface area (Å²) < 4.78 is 5.19. The molecule has 0 bridgehead atoms. The number of ether oxygens (including phenoxy) is 1. The van der Waals surface area contributed by atoms with Crippen molar-refractivity contribution in [1.82, 2.24) is 0 Å². The normalized spacial score (nSPS) is 12.3. The largest absolute Gasteiger partial charge is 0.497 e. The summed E-state index contributed by atoms with van der Waals surface area (Å²) in [6, 6.07) is 20.5. The zero-order valence-corrected chi connectivity index (χ0v) is 12.2. The number of methoxy groups -OCH3 is 1. The fourth-order valence-corrected chi connectivity index (χ4v) is 2.49. The van der Waals surface area contributed by atoms with Crippen LogP contribution in [0.1, 0.15) is 18.6 Å². The van der Waals surface area contributed by atoms with Crippen molar-refractivity contribution >= 4 is 10.8 Å². The summed E-state index contributed by atoms with van der Waals surface area (Å²) in [5.74, 6) is 0.862. The molecule has 1 atom stereocenters. The second kappa shape index (κ2) is 5.58. The Morgan fingerprint density at radius 1 is 0.810 bits per heavy atom. The molecule has 3 aromatic carbocycles. The van der Waals surface area contributed by atoms with E-state index in [0.717, 1.165) is 22.3 Å². The van der Waals surface area contributed by atoms with Crippen LogP contribution in [0.4, 0.5) is 0 Å². The van der Waals surface area contributed by atoms with Crippen molar-refractivity contribution in [3.8, 4) is 16.9 Å². The molecule has 0 heterocycles. The quantitative estimate of drug-likeness (QED) is 0.760. The van der Waals surface area contributed by atoms with Crippen LogP contribution in [0.2, 0.25) is 0 Å². The third kappa shape index (κ3) is 2.76. The minimum absolute atomic E-state index is 0.435. The number of aliphatic hydroxyl groups is 1. The highest BCUT2D eigenvalue weighted by Crippen LogP contribution is 2.27. The lowest BCUT2D eigenvalue weighted by atomic mass is 9.99. The number of benzene rings is 3. The summed E-state index contributed by atoms with van der Waals surface area (Å²) in [5, 5.41) is 12.0. The Hall–Kier alpha value is -2.32. The van der Waals surface area contributed by atoms with Gasteiger partial charge in [-0.1, -0.05) is 36.4 Å². The van der Waals surface area contributed by atoms with Crippen molar-refractivity contribution in [1.29, 1.82) is 0 Å². The highest BCUT2D eigenvalue weighted by atomic mass is 16.5. The van der Waals surface area contributed by atoms with Gasteiger partial charge in [-0.25, -0.2) is 0 Å². The van der Waals surface area contributed by atoms with E-state index in [2.05, 4.69) is 36.4 Å². The van der Waals surface area contributed by atoms with Crippen molar-refractivity contribution in [2.24, 2.45) is 0 Å². The molecule has 0 amide bonds. The van der Waals surface area contributed by atoms with Gasteiger partial charge in [-0.05, 0) is 58.7 Å². The molecule has 0 aliphatic rings. The Bertz CT molecular complexity index is 758. The zero-order valence-electron chi connectivity index (χ0n) is 12.2. The Morgan fingerprint density at radius 2 is 1.43 bits per heavy atom. The highest BCUT2D eigenvalue weighted by molar-refractivity contribution is 5.88. The number of hydrogen-bond acceptors (Lipinski definition) is 2. The van der Waals surface area contributed by atoms with Gasteiger partial charge in [0.05, 0.1) is 13.2 Å². The van der Waals surface area contributed by atoms with Crippen LogP contribution in [-0.2, 0) is 0 Å². The van der Waals surface area contributed by atoms with E-state index in [1.165, 1.54) is 10.9 Å². The lowest BCUT2D eigenvalue weighted by molar-refractivity contribution is 0.199. The molecule has 0 fully saturated rings. The molecule has 21 heavy (non-hydrogen) atoms. The first-order valence-electron chi connectivity index (χ1n) is 7.03. The molecule has 2 heteroatoms. The van der Waals surface area contributed by atoms with E-state index in [4.69, 9.17) is 4.74 Å². The Labute approximate surface area is 124 Å². The Kier molecular flexibility index (Phi) is 3.63. The molecule has 0 spiro atoms. The average Bonchev–Trinajstić information content (AvgIpc) is 2.54. The van der Waals surface area contributed by atoms with Gasteiger partial charge in [0.2, 0.25) is 0 Å². The van der Waals surface area contributed by atoms with E-state index in [-0.39, 0.29) is 0 Å². The second-order valence-electron chi connectivity index (χ2n) is 5.23. The zero-order chi connectivity index (χ0) is 14.8. The smallest absolute Gasteiger partial charge is 0.118 e. The first-order chi connectivity index (χ1) is 10.2.